The molecule has 2 amide bonds. The normalized spacial score (nSPS) is 18.5. The Morgan fingerprint density at radius 1 is 1.12 bits per heavy atom. The van der Waals surface area contributed by atoms with Crippen molar-refractivity contribution in [1.29, 1.82) is 0 Å². The molecule has 0 unspecified atom stereocenters. The third-order valence-electron chi connectivity index (χ3n) is 5.83. The number of fused-ring (bicyclic) bond motifs is 2. The van der Waals surface area contributed by atoms with Crippen LogP contribution in [-0.2, 0) is 0 Å². The van der Waals surface area contributed by atoms with Crippen LogP contribution in [0.3, 0.4) is 0 Å². The Morgan fingerprint density at radius 3 is 2.56 bits per heavy atom. The molecule has 2 aromatic carbocycles. The van der Waals surface area contributed by atoms with E-state index in [1.165, 1.54) is 12.1 Å². The highest BCUT2D eigenvalue weighted by atomic mass is 19.4. The summed E-state index contributed by atoms with van der Waals surface area (Å²) in [6.45, 7) is 3.46. The minimum absolute atomic E-state index is 0.0104. The summed E-state index contributed by atoms with van der Waals surface area (Å²) < 4.78 is 40.8. The average molecular weight is 447 g/mol. The van der Waals surface area contributed by atoms with E-state index in [4.69, 9.17) is 0 Å². The molecule has 2 aromatic rings. The van der Waals surface area contributed by atoms with Crippen molar-refractivity contribution in [3.05, 3.63) is 53.6 Å². The molecule has 1 saturated heterocycles. The second-order valence-corrected chi connectivity index (χ2v) is 7.87. The SMILES string of the molecule is CCN1c2cc(C(=O)Nc3ccc(OC(F)(F)F)cc3)ccc2C(=O)N2CCCCC[C@@H]21. The average Bonchev–Trinajstić information content (AvgIpc) is 3.00. The number of ether oxygens (including phenoxy) is 1. The van der Waals surface area contributed by atoms with Crippen LogP contribution in [0.25, 0.3) is 0 Å². The molecular formula is C23H24F3N3O3. The minimum atomic E-state index is -4.77. The maximum absolute atomic E-state index is 13.1. The van der Waals surface area contributed by atoms with Gasteiger partial charge in [-0.3, -0.25) is 9.59 Å². The molecule has 170 valence electrons. The third-order valence-corrected chi connectivity index (χ3v) is 5.83. The lowest BCUT2D eigenvalue weighted by molar-refractivity contribution is -0.274. The van der Waals surface area contributed by atoms with Crippen molar-refractivity contribution in [3.63, 3.8) is 0 Å². The van der Waals surface area contributed by atoms with Gasteiger partial charge in [0.25, 0.3) is 11.8 Å². The van der Waals surface area contributed by atoms with Crippen LogP contribution in [0.5, 0.6) is 5.75 Å². The number of benzene rings is 2. The lowest BCUT2D eigenvalue weighted by Gasteiger charge is -2.44. The van der Waals surface area contributed by atoms with Gasteiger partial charge in [-0.15, -0.1) is 13.2 Å². The van der Waals surface area contributed by atoms with Gasteiger partial charge >= 0.3 is 6.36 Å². The number of nitrogens with one attached hydrogen (secondary N) is 1. The number of carbonyl (C=O) groups excluding carboxylic acids is 2. The second-order valence-electron chi connectivity index (χ2n) is 7.87. The summed E-state index contributed by atoms with van der Waals surface area (Å²) in [6.07, 6.45) is -0.765. The molecule has 1 fully saturated rings. The molecule has 9 heteroatoms. The van der Waals surface area contributed by atoms with Crippen molar-refractivity contribution >= 4 is 23.2 Å². The fourth-order valence-corrected chi connectivity index (χ4v) is 4.38. The predicted molar refractivity (Wildman–Crippen MR) is 114 cm³/mol. The maximum atomic E-state index is 13.1. The highest BCUT2D eigenvalue weighted by molar-refractivity contribution is 6.08. The highest BCUT2D eigenvalue weighted by Crippen LogP contribution is 2.35. The standard InChI is InChI=1S/C23H24F3N3O3/c1-2-28-19-14-15(7-12-18(19)22(31)29-13-5-3-4-6-20(28)29)21(30)27-16-8-10-17(11-9-16)32-23(24,25)26/h7-12,14,20H,2-6,13H2,1H3,(H,27,30)/t20-/m1/s1. The first-order valence-electron chi connectivity index (χ1n) is 10.7. The summed E-state index contributed by atoms with van der Waals surface area (Å²) in [7, 11) is 0. The molecule has 32 heavy (non-hydrogen) atoms. The number of amides is 2. The van der Waals surface area contributed by atoms with E-state index in [9.17, 15) is 22.8 Å². The van der Waals surface area contributed by atoms with Crippen LogP contribution >= 0.6 is 0 Å². The second kappa shape index (κ2) is 8.72. The summed E-state index contributed by atoms with van der Waals surface area (Å²) in [5.41, 5.74) is 2.02. The quantitative estimate of drug-likeness (QED) is 0.715. The van der Waals surface area contributed by atoms with E-state index < -0.39 is 12.3 Å². The smallest absolute Gasteiger partial charge is 0.406 e. The van der Waals surface area contributed by atoms with Crippen molar-refractivity contribution in [2.75, 3.05) is 23.3 Å². The lowest BCUT2D eigenvalue weighted by atomic mass is 10.0. The van der Waals surface area contributed by atoms with Gasteiger partial charge in [-0.2, -0.15) is 0 Å². The predicted octanol–water partition coefficient (Wildman–Crippen LogP) is 5.02. The van der Waals surface area contributed by atoms with E-state index in [1.54, 1.807) is 18.2 Å². The Balaban J connectivity index is 1.55. The van der Waals surface area contributed by atoms with Gasteiger partial charge in [-0.25, -0.2) is 0 Å². The number of carbonyl (C=O) groups is 2. The Labute approximate surface area is 183 Å². The molecule has 1 N–H and O–H groups in total. The molecule has 0 aromatic heterocycles. The molecule has 2 aliphatic heterocycles. The lowest BCUT2D eigenvalue weighted by Crippen LogP contribution is -2.55. The van der Waals surface area contributed by atoms with Gasteiger partial charge in [0.05, 0.1) is 11.3 Å². The number of anilines is 2. The molecule has 0 saturated carbocycles. The van der Waals surface area contributed by atoms with Crippen molar-refractivity contribution in [1.82, 2.24) is 4.90 Å². The summed E-state index contributed by atoms with van der Waals surface area (Å²) in [4.78, 5) is 30.0. The van der Waals surface area contributed by atoms with Crippen LogP contribution in [-0.4, -0.2) is 42.3 Å². The van der Waals surface area contributed by atoms with Gasteiger partial charge < -0.3 is 19.9 Å². The number of nitrogens with zero attached hydrogens (tertiary/aromatic N) is 2. The van der Waals surface area contributed by atoms with Gasteiger partial charge in [-0.05, 0) is 68.7 Å². The van der Waals surface area contributed by atoms with Crippen molar-refractivity contribution in [2.24, 2.45) is 0 Å². The first kappa shape index (κ1) is 22.0. The molecule has 6 nitrogen and oxygen atoms in total. The first-order chi connectivity index (χ1) is 15.3. The summed E-state index contributed by atoms with van der Waals surface area (Å²) in [5.74, 6) is -0.790. The fourth-order valence-electron chi connectivity index (χ4n) is 4.38. The minimum Gasteiger partial charge on any atom is -0.406 e. The van der Waals surface area contributed by atoms with Gasteiger partial charge in [0.1, 0.15) is 11.9 Å². The Kier molecular flexibility index (Phi) is 5.99. The number of alkyl halides is 3. The number of halogens is 3. The molecular weight excluding hydrogens is 423 g/mol. The number of hydrogen-bond donors (Lipinski definition) is 1. The van der Waals surface area contributed by atoms with E-state index in [1.807, 2.05) is 11.8 Å². The molecule has 4 rings (SSSR count). The van der Waals surface area contributed by atoms with E-state index in [-0.39, 0.29) is 17.8 Å². The largest absolute Gasteiger partial charge is 0.573 e. The number of rotatable bonds is 4. The third kappa shape index (κ3) is 4.51. The molecule has 1 atom stereocenters. The summed E-state index contributed by atoms with van der Waals surface area (Å²) >= 11 is 0. The zero-order chi connectivity index (χ0) is 22.9. The van der Waals surface area contributed by atoms with Crippen molar-refractivity contribution < 1.29 is 27.5 Å². The van der Waals surface area contributed by atoms with Crippen molar-refractivity contribution in [3.8, 4) is 5.75 Å². The van der Waals surface area contributed by atoms with Crippen molar-refractivity contribution in [2.45, 2.75) is 45.1 Å². The van der Waals surface area contributed by atoms with Crippen LogP contribution < -0.4 is 15.0 Å². The van der Waals surface area contributed by atoms with Crippen LogP contribution in [0.2, 0.25) is 0 Å². The van der Waals surface area contributed by atoms with Crippen LogP contribution in [0.1, 0.15) is 53.3 Å². The van der Waals surface area contributed by atoms with E-state index >= 15 is 0 Å². The maximum Gasteiger partial charge on any atom is 0.573 e. The molecule has 0 aliphatic carbocycles. The van der Waals surface area contributed by atoms with E-state index in [2.05, 4.69) is 15.0 Å². The molecule has 0 spiro atoms. The Bertz CT molecular complexity index is 1010. The fraction of sp³-hybridized carbons (Fsp3) is 0.391. The summed E-state index contributed by atoms with van der Waals surface area (Å²) in [6, 6.07) is 9.93. The molecule has 2 aliphatic rings. The van der Waals surface area contributed by atoms with E-state index in [0.717, 1.165) is 50.0 Å². The van der Waals surface area contributed by atoms with Crippen LogP contribution in [0.4, 0.5) is 24.5 Å². The number of hydrogen-bond acceptors (Lipinski definition) is 4. The van der Waals surface area contributed by atoms with Gasteiger partial charge in [-0.1, -0.05) is 6.42 Å². The molecule has 2 heterocycles. The van der Waals surface area contributed by atoms with E-state index in [0.29, 0.717) is 23.4 Å². The Hall–Kier alpha value is -3.23. The summed E-state index contributed by atoms with van der Waals surface area (Å²) in [5, 5.41) is 2.68. The van der Waals surface area contributed by atoms with Gasteiger partial charge in [0, 0.05) is 24.3 Å². The zero-order valence-electron chi connectivity index (χ0n) is 17.6. The van der Waals surface area contributed by atoms with Gasteiger partial charge in [0.2, 0.25) is 0 Å². The van der Waals surface area contributed by atoms with Crippen LogP contribution in [0, 0.1) is 0 Å². The zero-order valence-corrected chi connectivity index (χ0v) is 17.6. The topological polar surface area (TPSA) is 61.9 Å². The first-order valence-corrected chi connectivity index (χ1v) is 10.7. The Morgan fingerprint density at radius 2 is 1.88 bits per heavy atom. The molecule has 0 bridgehead atoms. The van der Waals surface area contributed by atoms with Gasteiger partial charge in [0.15, 0.2) is 0 Å². The van der Waals surface area contributed by atoms with Crippen LogP contribution in [0.15, 0.2) is 42.5 Å². The molecule has 0 radical (unpaired) electrons. The monoisotopic (exact) mass is 447 g/mol. The highest BCUT2D eigenvalue weighted by Gasteiger charge is 2.37.